The van der Waals surface area contributed by atoms with E-state index in [1.54, 1.807) is 25.5 Å². The SMILES string of the molecule is CCCn1cncc1COc1ccc(S(=O)(=O)Cl)cc1C. The molecular formula is C14H17ClN2O3S. The summed E-state index contributed by atoms with van der Waals surface area (Å²) < 4.78 is 30.3. The van der Waals surface area contributed by atoms with Crippen LogP contribution < -0.4 is 4.74 Å². The van der Waals surface area contributed by atoms with Gasteiger partial charge in [-0.1, -0.05) is 6.92 Å². The summed E-state index contributed by atoms with van der Waals surface area (Å²) in [7, 11) is 1.60. The second kappa shape index (κ2) is 6.49. The lowest BCUT2D eigenvalue weighted by Crippen LogP contribution is -2.05. The number of aryl methyl sites for hydroxylation is 2. The Bertz CT molecular complexity index is 726. The van der Waals surface area contributed by atoms with E-state index in [1.165, 1.54) is 12.1 Å². The Hall–Kier alpha value is -1.53. The maximum absolute atomic E-state index is 11.3. The second-order valence-corrected chi connectivity index (χ2v) is 7.30. The Morgan fingerprint density at radius 3 is 2.76 bits per heavy atom. The molecule has 0 saturated carbocycles. The summed E-state index contributed by atoms with van der Waals surface area (Å²) in [5.74, 6) is 0.628. The van der Waals surface area contributed by atoms with Gasteiger partial charge in [0.2, 0.25) is 0 Å². The molecule has 1 heterocycles. The fourth-order valence-electron chi connectivity index (χ4n) is 2.00. The largest absolute Gasteiger partial charge is 0.487 e. The first-order valence-corrected chi connectivity index (χ1v) is 8.90. The fraction of sp³-hybridized carbons (Fsp3) is 0.357. The molecule has 0 bridgehead atoms. The van der Waals surface area contributed by atoms with E-state index in [4.69, 9.17) is 15.4 Å². The average molecular weight is 329 g/mol. The summed E-state index contributed by atoms with van der Waals surface area (Å²) in [6.45, 7) is 5.15. The van der Waals surface area contributed by atoms with Crippen molar-refractivity contribution in [2.24, 2.45) is 0 Å². The highest BCUT2D eigenvalue weighted by molar-refractivity contribution is 8.13. The molecular weight excluding hydrogens is 312 g/mol. The van der Waals surface area contributed by atoms with Gasteiger partial charge in [-0.25, -0.2) is 13.4 Å². The normalized spacial score (nSPS) is 11.6. The minimum atomic E-state index is -3.71. The molecule has 0 spiro atoms. The lowest BCUT2D eigenvalue weighted by Gasteiger charge is -2.11. The van der Waals surface area contributed by atoms with Crippen LogP contribution in [0.1, 0.15) is 24.6 Å². The molecule has 2 aromatic rings. The average Bonchev–Trinajstić information content (AvgIpc) is 2.84. The Morgan fingerprint density at radius 1 is 1.38 bits per heavy atom. The van der Waals surface area contributed by atoms with Crippen molar-refractivity contribution in [3.05, 3.63) is 42.0 Å². The quantitative estimate of drug-likeness (QED) is 0.764. The molecule has 114 valence electrons. The number of hydrogen-bond donors (Lipinski definition) is 0. The van der Waals surface area contributed by atoms with E-state index in [1.807, 2.05) is 4.57 Å². The topological polar surface area (TPSA) is 61.2 Å². The van der Waals surface area contributed by atoms with Crippen LogP contribution in [0.15, 0.2) is 35.6 Å². The Kier molecular flexibility index (Phi) is 4.90. The van der Waals surface area contributed by atoms with Crippen molar-refractivity contribution in [1.29, 1.82) is 0 Å². The number of ether oxygens (including phenoxy) is 1. The van der Waals surface area contributed by atoms with Gasteiger partial charge in [0, 0.05) is 17.2 Å². The molecule has 7 heteroatoms. The van der Waals surface area contributed by atoms with Crippen molar-refractivity contribution < 1.29 is 13.2 Å². The number of aromatic nitrogens is 2. The van der Waals surface area contributed by atoms with Gasteiger partial charge in [0.05, 0.1) is 23.1 Å². The molecule has 0 N–H and O–H groups in total. The van der Waals surface area contributed by atoms with Gasteiger partial charge in [-0.15, -0.1) is 0 Å². The third kappa shape index (κ3) is 3.98. The maximum atomic E-state index is 11.3. The summed E-state index contributed by atoms with van der Waals surface area (Å²) in [5, 5.41) is 0. The molecule has 0 saturated heterocycles. The first kappa shape index (κ1) is 15.9. The minimum Gasteiger partial charge on any atom is -0.487 e. The van der Waals surface area contributed by atoms with Crippen LogP contribution in [0.3, 0.4) is 0 Å². The van der Waals surface area contributed by atoms with E-state index in [-0.39, 0.29) is 4.90 Å². The molecule has 0 amide bonds. The van der Waals surface area contributed by atoms with Crippen molar-refractivity contribution in [2.45, 2.75) is 38.3 Å². The van der Waals surface area contributed by atoms with Crippen LogP contribution in [0, 0.1) is 6.92 Å². The van der Waals surface area contributed by atoms with Gasteiger partial charge in [-0.05, 0) is 37.1 Å². The van der Waals surface area contributed by atoms with Gasteiger partial charge >= 0.3 is 0 Å². The zero-order valence-electron chi connectivity index (χ0n) is 11.9. The summed E-state index contributed by atoms with van der Waals surface area (Å²) in [6.07, 6.45) is 4.56. The lowest BCUT2D eigenvalue weighted by molar-refractivity contribution is 0.292. The van der Waals surface area contributed by atoms with E-state index >= 15 is 0 Å². The number of imidazole rings is 1. The highest BCUT2D eigenvalue weighted by Crippen LogP contribution is 2.24. The number of benzene rings is 1. The Balaban J connectivity index is 2.12. The van der Waals surface area contributed by atoms with Crippen LogP contribution in [0.4, 0.5) is 0 Å². The van der Waals surface area contributed by atoms with Gasteiger partial charge in [-0.2, -0.15) is 0 Å². The van der Waals surface area contributed by atoms with Crippen LogP contribution in [-0.2, 0) is 22.2 Å². The third-order valence-corrected chi connectivity index (χ3v) is 4.42. The standard InChI is InChI=1S/C14H17ClN2O3S/c1-3-6-17-10-16-8-12(17)9-20-14-5-4-13(7-11(14)2)21(15,18)19/h4-5,7-8,10H,3,6,9H2,1-2H3. The molecule has 1 aromatic carbocycles. The summed E-state index contributed by atoms with van der Waals surface area (Å²) in [6, 6.07) is 4.56. The summed E-state index contributed by atoms with van der Waals surface area (Å²) in [5.41, 5.74) is 1.70. The van der Waals surface area contributed by atoms with Gasteiger partial charge in [0.1, 0.15) is 12.4 Å². The van der Waals surface area contributed by atoms with Crippen molar-refractivity contribution >= 4 is 19.7 Å². The molecule has 0 aliphatic carbocycles. The second-order valence-electron chi connectivity index (χ2n) is 4.73. The highest BCUT2D eigenvalue weighted by atomic mass is 35.7. The number of halogens is 1. The lowest BCUT2D eigenvalue weighted by atomic mass is 10.2. The zero-order chi connectivity index (χ0) is 15.5. The monoisotopic (exact) mass is 328 g/mol. The smallest absolute Gasteiger partial charge is 0.261 e. The molecule has 0 radical (unpaired) electrons. The molecule has 5 nitrogen and oxygen atoms in total. The number of rotatable bonds is 6. The van der Waals surface area contributed by atoms with Crippen molar-refractivity contribution in [3.63, 3.8) is 0 Å². The minimum absolute atomic E-state index is 0.0741. The van der Waals surface area contributed by atoms with Crippen LogP contribution in [-0.4, -0.2) is 18.0 Å². The fourth-order valence-corrected chi connectivity index (χ4v) is 2.83. The Labute approximate surface area is 128 Å². The van der Waals surface area contributed by atoms with Crippen molar-refractivity contribution in [3.8, 4) is 5.75 Å². The molecule has 0 unspecified atom stereocenters. The molecule has 1 aromatic heterocycles. The Morgan fingerprint density at radius 2 is 2.14 bits per heavy atom. The van der Waals surface area contributed by atoms with E-state index in [9.17, 15) is 8.42 Å². The summed E-state index contributed by atoms with van der Waals surface area (Å²) in [4.78, 5) is 4.18. The number of nitrogens with zero attached hydrogens (tertiary/aromatic N) is 2. The van der Waals surface area contributed by atoms with Crippen LogP contribution in [0.5, 0.6) is 5.75 Å². The van der Waals surface area contributed by atoms with Gasteiger partial charge in [0.25, 0.3) is 9.05 Å². The third-order valence-electron chi connectivity index (χ3n) is 3.07. The van der Waals surface area contributed by atoms with Crippen LogP contribution >= 0.6 is 10.7 Å². The summed E-state index contributed by atoms with van der Waals surface area (Å²) >= 11 is 0. The van der Waals surface area contributed by atoms with Crippen LogP contribution in [0.2, 0.25) is 0 Å². The predicted molar refractivity (Wildman–Crippen MR) is 81.1 cm³/mol. The highest BCUT2D eigenvalue weighted by Gasteiger charge is 2.12. The van der Waals surface area contributed by atoms with E-state index in [2.05, 4.69) is 11.9 Å². The van der Waals surface area contributed by atoms with Crippen molar-refractivity contribution in [1.82, 2.24) is 9.55 Å². The molecule has 21 heavy (non-hydrogen) atoms. The maximum Gasteiger partial charge on any atom is 0.261 e. The molecule has 0 atom stereocenters. The first-order chi connectivity index (χ1) is 9.91. The number of hydrogen-bond acceptors (Lipinski definition) is 4. The first-order valence-electron chi connectivity index (χ1n) is 6.59. The molecule has 0 aliphatic heterocycles. The van der Waals surface area contributed by atoms with Crippen molar-refractivity contribution in [2.75, 3.05) is 0 Å². The molecule has 2 rings (SSSR count). The van der Waals surface area contributed by atoms with Crippen LogP contribution in [0.25, 0.3) is 0 Å². The van der Waals surface area contributed by atoms with Gasteiger partial charge < -0.3 is 9.30 Å². The van der Waals surface area contributed by atoms with E-state index in [0.717, 1.165) is 24.2 Å². The predicted octanol–water partition coefficient (Wildman–Crippen LogP) is 3.11. The zero-order valence-corrected chi connectivity index (χ0v) is 13.5. The molecule has 0 aliphatic rings. The van der Waals surface area contributed by atoms with E-state index < -0.39 is 9.05 Å². The van der Waals surface area contributed by atoms with E-state index in [0.29, 0.717) is 12.4 Å². The van der Waals surface area contributed by atoms with Gasteiger partial charge in [0.15, 0.2) is 0 Å². The van der Waals surface area contributed by atoms with Gasteiger partial charge in [-0.3, -0.25) is 0 Å². The molecule has 0 fully saturated rings.